The lowest BCUT2D eigenvalue weighted by Crippen LogP contribution is -2.35. The Labute approximate surface area is 87.8 Å². The lowest BCUT2D eigenvalue weighted by molar-refractivity contribution is -0.116. The summed E-state index contributed by atoms with van der Waals surface area (Å²) in [7, 11) is 0. The first-order chi connectivity index (χ1) is 6.52. The van der Waals surface area contributed by atoms with E-state index in [0.29, 0.717) is 24.2 Å². The van der Waals surface area contributed by atoms with Crippen LogP contribution in [0.1, 0.15) is 48.0 Å². The van der Waals surface area contributed by atoms with E-state index >= 15 is 0 Å². The number of hydrogen-bond donors (Lipinski definition) is 1. The van der Waals surface area contributed by atoms with E-state index in [0.717, 1.165) is 11.3 Å². The van der Waals surface area contributed by atoms with Crippen molar-refractivity contribution >= 4 is 5.78 Å². The van der Waals surface area contributed by atoms with Gasteiger partial charge in [-0.05, 0) is 19.8 Å². The van der Waals surface area contributed by atoms with Gasteiger partial charge in [0.2, 0.25) is 0 Å². The highest BCUT2D eigenvalue weighted by Crippen LogP contribution is 2.21. The van der Waals surface area contributed by atoms with Crippen LogP contribution < -0.4 is 5.32 Å². The fraction of sp³-hybridized carbons (Fsp3) is 0.750. The van der Waals surface area contributed by atoms with Crippen molar-refractivity contribution in [2.45, 2.75) is 54.0 Å². The Bertz CT molecular complexity index is 228. The van der Waals surface area contributed by atoms with Crippen molar-refractivity contribution in [3.8, 4) is 0 Å². The van der Waals surface area contributed by atoms with Gasteiger partial charge in [0.05, 0.1) is 0 Å². The summed E-state index contributed by atoms with van der Waals surface area (Å²) in [5, 5.41) is 3.30. The van der Waals surface area contributed by atoms with E-state index in [-0.39, 0.29) is 0 Å². The average molecular weight is 197 g/mol. The summed E-state index contributed by atoms with van der Waals surface area (Å²) in [6.45, 7) is 12.2. The van der Waals surface area contributed by atoms with Crippen molar-refractivity contribution in [1.29, 1.82) is 0 Å². The Morgan fingerprint density at radius 3 is 2.21 bits per heavy atom. The van der Waals surface area contributed by atoms with Gasteiger partial charge < -0.3 is 5.32 Å². The smallest absolute Gasteiger partial charge is 0.162 e. The molecule has 14 heavy (non-hydrogen) atoms. The summed E-state index contributed by atoms with van der Waals surface area (Å²) in [6.07, 6.45) is 0.644. The molecule has 1 heterocycles. The maximum absolute atomic E-state index is 11.6. The van der Waals surface area contributed by atoms with E-state index in [2.05, 4.69) is 19.2 Å². The average Bonchev–Trinajstić information content (AvgIpc) is 2.04. The highest BCUT2D eigenvalue weighted by Gasteiger charge is 2.23. The van der Waals surface area contributed by atoms with Gasteiger partial charge in [-0.2, -0.15) is 0 Å². The van der Waals surface area contributed by atoms with Crippen molar-refractivity contribution in [2.75, 3.05) is 0 Å². The van der Waals surface area contributed by atoms with E-state index in [4.69, 9.17) is 0 Å². The lowest BCUT2D eigenvalue weighted by Gasteiger charge is -2.26. The van der Waals surface area contributed by atoms with Gasteiger partial charge in [-0.15, -0.1) is 0 Å². The van der Waals surface area contributed by atoms with Gasteiger partial charge >= 0.3 is 0 Å². The summed E-state index contributed by atoms with van der Waals surface area (Å²) in [5.41, 5.74) is 2.04. The van der Waals surface area contributed by atoms with E-state index < -0.39 is 0 Å². The molecule has 2 heteroatoms. The molecule has 0 amide bonds. The van der Waals surface area contributed by atoms with Crippen LogP contribution in [0.15, 0.2) is 11.3 Å². The molecule has 1 atom stereocenters. The van der Waals surface area contributed by atoms with Gasteiger partial charge in [0.1, 0.15) is 0 Å². The van der Waals surface area contributed by atoms with E-state index in [1.54, 1.807) is 0 Å². The Balaban J connectivity index is 0.000000791. The summed E-state index contributed by atoms with van der Waals surface area (Å²) >= 11 is 0. The number of carbonyl (C=O) groups is 1. The zero-order valence-electron chi connectivity index (χ0n) is 10.3. The molecule has 1 unspecified atom stereocenters. The fourth-order valence-electron chi connectivity index (χ4n) is 1.85. The molecule has 82 valence electrons. The van der Waals surface area contributed by atoms with Gasteiger partial charge in [0.25, 0.3) is 0 Å². The van der Waals surface area contributed by atoms with Crippen LogP contribution in [0.25, 0.3) is 0 Å². The molecule has 0 fully saturated rings. The minimum absolute atomic E-state index is 0.306. The van der Waals surface area contributed by atoms with Gasteiger partial charge in [-0.1, -0.05) is 27.7 Å². The Morgan fingerprint density at radius 1 is 1.36 bits per heavy atom. The predicted octanol–water partition coefficient (Wildman–Crippen LogP) is 2.89. The van der Waals surface area contributed by atoms with Crippen LogP contribution in [-0.4, -0.2) is 11.8 Å². The Kier molecular flexibility index (Phi) is 5.51. The molecule has 0 radical (unpaired) electrons. The highest BCUT2D eigenvalue weighted by atomic mass is 16.1. The molecular formula is C12H23NO. The number of hydrogen-bond acceptors (Lipinski definition) is 2. The third-order valence-electron chi connectivity index (χ3n) is 2.24. The van der Waals surface area contributed by atoms with Crippen LogP contribution in [0.2, 0.25) is 0 Å². The molecule has 0 spiro atoms. The number of carbonyl (C=O) groups excluding carboxylic acids is 1. The van der Waals surface area contributed by atoms with E-state index in [9.17, 15) is 4.79 Å². The van der Waals surface area contributed by atoms with Crippen LogP contribution in [0.5, 0.6) is 0 Å². The van der Waals surface area contributed by atoms with Crippen LogP contribution >= 0.6 is 0 Å². The Morgan fingerprint density at radius 2 is 1.86 bits per heavy atom. The maximum Gasteiger partial charge on any atom is 0.162 e. The first-order valence-corrected chi connectivity index (χ1v) is 5.53. The molecule has 0 saturated carbocycles. The SMILES string of the molecule is CC.CC1=C(C(C)C)C(=O)CC(C)N1. The van der Waals surface area contributed by atoms with Gasteiger partial charge in [0, 0.05) is 23.7 Å². The molecule has 1 aliphatic rings. The first kappa shape index (κ1) is 13.2. The monoisotopic (exact) mass is 197 g/mol. The van der Waals surface area contributed by atoms with Crippen LogP contribution in [-0.2, 0) is 4.79 Å². The second-order valence-electron chi connectivity index (χ2n) is 3.87. The predicted molar refractivity (Wildman–Crippen MR) is 61.1 cm³/mol. The fourth-order valence-corrected chi connectivity index (χ4v) is 1.85. The molecule has 0 bridgehead atoms. The molecule has 0 aromatic heterocycles. The van der Waals surface area contributed by atoms with Crippen LogP contribution in [0.4, 0.5) is 0 Å². The third-order valence-corrected chi connectivity index (χ3v) is 2.24. The summed E-state index contributed by atoms with van der Waals surface area (Å²) in [4.78, 5) is 11.6. The number of Topliss-reactive ketones (excluding diaryl/α,β-unsaturated/α-hetero) is 1. The van der Waals surface area contributed by atoms with Crippen molar-refractivity contribution in [2.24, 2.45) is 5.92 Å². The van der Waals surface area contributed by atoms with Gasteiger partial charge in [0.15, 0.2) is 5.78 Å². The standard InChI is InChI=1S/C10H17NO.C2H6/c1-6(2)10-8(4)11-7(3)5-9(10)12;1-2/h6-7,11H,5H2,1-4H3;1-2H3. The minimum atomic E-state index is 0.306. The molecule has 1 N–H and O–H groups in total. The molecule has 0 aromatic rings. The minimum Gasteiger partial charge on any atom is -0.385 e. The first-order valence-electron chi connectivity index (χ1n) is 5.53. The number of ketones is 1. The molecule has 1 rings (SSSR count). The molecule has 1 aliphatic heterocycles. The summed E-state index contributed by atoms with van der Waals surface area (Å²) in [5.74, 6) is 0.659. The quantitative estimate of drug-likeness (QED) is 0.700. The number of allylic oxidation sites excluding steroid dienone is 2. The number of rotatable bonds is 1. The zero-order chi connectivity index (χ0) is 11.3. The number of nitrogens with one attached hydrogen (secondary N) is 1. The normalized spacial score (nSPS) is 21.6. The largest absolute Gasteiger partial charge is 0.385 e. The maximum atomic E-state index is 11.6. The van der Waals surface area contributed by atoms with Crippen molar-refractivity contribution in [3.63, 3.8) is 0 Å². The van der Waals surface area contributed by atoms with Crippen molar-refractivity contribution < 1.29 is 4.79 Å². The van der Waals surface area contributed by atoms with E-state index in [1.165, 1.54) is 0 Å². The highest BCUT2D eigenvalue weighted by molar-refractivity contribution is 5.97. The van der Waals surface area contributed by atoms with Crippen molar-refractivity contribution in [3.05, 3.63) is 11.3 Å². The molecule has 0 saturated heterocycles. The van der Waals surface area contributed by atoms with Crippen LogP contribution in [0, 0.1) is 5.92 Å². The Hall–Kier alpha value is -0.790. The summed E-state index contributed by atoms with van der Waals surface area (Å²) in [6, 6.07) is 0.306. The second-order valence-corrected chi connectivity index (χ2v) is 3.87. The van der Waals surface area contributed by atoms with Gasteiger partial charge in [-0.3, -0.25) is 4.79 Å². The molecule has 0 aliphatic carbocycles. The molecule has 0 aromatic carbocycles. The topological polar surface area (TPSA) is 29.1 Å². The lowest BCUT2D eigenvalue weighted by atomic mass is 9.90. The third kappa shape index (κ3) is 3.17. The van der Waals surface area contributed by atoms with E-state index in [1.807, 2.05) is 27.7 Å². The molecule has 2 nitrogen and oxygen atoms in total. The summed E-state index contributed by atoms with van der Waals surface area (Å²) < 4.78 is 0. The molecular weight excluding hydrogens is 174 g/mol. The van der Waals surface area contributed by atoms with Gasteiger partial charge in [-0.25, -0.2) is 0 Å². The van der Waals surface area contributed by atoms with Crippen molar-refractivity contribution in [1.82, 2.24) is 5.32 Å². The second kappa shape index (κ2) is 5.84. The zero-order valence-corrected chi connectivity index (χ0v) is 10.3. The van der Waals surface area contributed by atoms with Crippen LogP contribution in [0.3, 0.4) is 0 Å².